The lowest BCUT2D eigenvalue weighted by Crippen LogP contribution is -2.22. The highest BCUT2D eigenvalue weighted by Crippen LogP contribution is 2.43. The molecule has 2 aromatic carbocycles. The summed E-state index contributed by atoms with van der Waals surface area (Å²) in [5, 5.41) is 7.15. The van der Waals surface area contributed by atoms with Crippen LogP contribution in [0.15, 0.2) is 53.9 Å². The third kappa shape index (κ3) is 2.10. The van der Waals surface area contributed by atoms with E-state index in [1.165, 1.54) is 39.6 Å². The minimum atomic E-state index is 0.399. The third-order valence-corrected chi connectivity index (χ3v) is 5.72. The van der Waals surface area contributed by atoms with Crippen molar-refractivity contribution in [1.82, 2.24) is 5.32 Å². The molecule has 1 N–H and O–H groups in total. The van der Waals surface area contributed by atoms with Gasteiger partial charge in [-0.15, -0.1) is 11.3 Å². The van der Waals surface area contributed by atoms with Crippen LogP contribution < -0.4 is 5.32 Å². The van der Waals surface area contributed by atoms with Crippen LogP contribution in [0.4, 0.5) is 0 Å². The van der Waals surface area contributed by atoms with Crippen LogP contribution in [-0.2, 0) is 6.42 Å². The second-order valence-corrected chi connectivity index (χ2v) is 6.71. The Morgan fingerprint density at radius 3 is 2.90 bits per heavy atom. The molecule has 1 heterocycles. The lowest BCUT2D eigenvalue weighted by Gasteiger charge is -2.25. The second kappa shape index (κ2) is 5.28. The summed E-state index contributed by atoms with van der Waals surface area (Å²) >= 11 is 1.86. The Bertz CT molecular complexity index is 774. The molecule has 4 rings (SSSR count). The fraction of sp³-hybridized carbons (Fsp3) is 0.263. The topological polar surface area (TPSA) is 12.0 Å². The molecule has 1 aliphatic rings. The van der Waals surface area contributed by atoms with Crippen molar-refractivity contribution in [2.24, 2.45) is 0 Å². The summed E-state index contributed by atoms with van der Waals surface area (Å²) in [6.45, 7) is 0. The number of rotatable bonds is 3. The zero-order valence-electron chi connectivity index (χ0n) is 12.2. The maximum Gasteiger partial charge on any atom is 0.0401 e. The van der Waals surface area contributed by atoms with Crippen molar-refractivity contribution < 1.29 is 0 Å². The van der Waals surface area contributed by atoms with Crippen LogP contribution in [0.2, 0.25) is 0 Å². The van der Waals surface area contributed by atoms with Crippen LogP contribution in [0.3, 0.4) is 0 Å². The van der Waals surface area contributed by atoms with E-state index in [4.69, 9.17) is 0 Å². The van der Waals surface area contributed by atoms with Gasteiger partial charge in [0.2, 0.25) is 0 Å². The molecule has 2 unspecified atom stereocenters. The standard InChI is InChI=1S/C19H19NS/c1-20-18(16-10-9-13-5-2-3-7-15(13)16)17-8-4-6-14-11-12-21-19(14)17/h2-8,11-12,16,18,20H,9-10H2,1H3. The molecular formula is C19H19NS. The molecule has 0 spiro atoms. The van der Waals surface area contributed by atoms with E-state index in [1.54, 1.807) is 0 Å². The first-order valence-corrected chi connectivity index (χ1v) is 8.47. The fourth-order valence-corrected chi connectivity index (χ4v) is 4.72. The molecule has 0 amide bonds. The van der Waals surface area contributed by atoms with Crippen molar-refractivity contribution >= 4 is 21.4 Å². The molecule has 1 nitrogen and oxygen atoms in total. The Balaban J connectivity index is 1.81. The Kier molecular flexibility index (Phi) is 3.28. The molecule has 0 aliphatic heterocycles. The van der Waals surface area contributed by atoms with Crippen LogP contribution in [0, 0.1) is 0 Å². The molecule has 21 heavy (non-hydrogen) atoms. The smallest absolute Gasteiger partial charge is 0.0401 e. The zero-order chi connectivity index (χ0) is 14.2. The van der Waals surface area contributed by atoms with Crippen LogP contribution >= 0.6 is 11.3 Å². The quantitative estimate of drug-likeness (QED) is 0.725. The largest absolute Gasteiger partial charge is 0.312 e. The van der Waals surface area contributed by atoms with Gasteiger partial charge in [0, 0.05) is 16.7 Å². The van der Waals surface area contributed by atoms with Crippen molar-refractivity contribution in [2.75, 3.05) is 7.05 Å². The maximum absolute atomic E-state index is 3.59. The van der Waals surface area contributed by atoms with Gasteiger partial charge in [0.1, 0.15) is 0 Å². The summed E-state index contributed by atoms with van der Waals surface area (Å²) in [6, 6.07) is 18.3. The number of fused-ring (bicyclic) bond motifs is 2. The van der Waals surface area contributed by atoms with E-state index in [0.717, 1.165) is 0 Å². The predicted octanol–water partition coefficient (Wildman–Crippen LogP) is 4.89. The number of hydrogen-bond acceptors (Lipinski definition) is 2. The van der Waals surface area contributed by atoms with E-state index in [0.29, 0.717) is 12.0 Å². The van der Waals surface area contributed by atoms with E-state index >= 15 is 0 Å². The average Bonchev–Trinajstić information content (AvgIpc) is 3.15. The molecule has 2 heteroatoms. The van der Waals surface area contributed by atoms with Crippen LogP contribution in [0.5, 0.6) is 0 Å². The van der Waals surface area contributed by atoms with Gasteiger partial charge in [-0.1, -0.05) is 42.5 Å². The predicted molar refractivity (Wildman–Crippen MR) is 91.1 cm³/mol. The Morgan fingerprint density at radius 2 is 2.00 bits per heavy atom. The van der Waals surface area contributed by atoms with Crippen molar-refractivity contribution in [3.8, 4) is 0 Å². The first-order chi connectivity index (χ1) is 10.4. The van der Waals surface area contributed by atoms with E-state index in [1.807, 2.05) is 11.3 Å². The molecule has 1 aliphatic carbocycles. The van der Waals surface area contributed by atoms with Gasteiger partial charge in [-0.2, -0.15) is 0 Å². The molecule has 0 saturated heterocycles. The minimum absolute atomic E-state index is 0.399. The van der Waals surface area contributed by atoms with E-state index in [-0.39, 0.29) is 0 Å². The summed E-state index contributed by atoms with van der Waals surface area (Å²) < 4.78 is 1.43. The van der Waals surface area contributed by atoms with E-state index < -0.39 is 0 Å². The summed E-state index contributed by atoms with van der Waals surface area (Å²) in [5.74, 6) is 0.582. The number of thiophene rings is 1. The monoisotopic (exact) mass is 293 g/mol. The van der Waals surface area contributed by atoms with Gasteiger partial charge >= 0.3 is 0 Å². The number of hydrogen-bond donors (Lipinski definition) is 1. The zero-order valence-corrected chi connectivity index (χ0v) is 13.0. The van der Waals surface area contributed by atoms with Crippen LogP contribution in [0.1, 0.15) is 35.1 Å². The van der Waals surface area contributed by atoms with Crippen molar-refractivity contribution in [3.05, 3.63) is 70.6 Å². The SMILES string of the molecule is CNC(c1cccc2ccsc12)C1CCc2ccccc21. The van der Waals surface area contributed by atoms with Crippen LogP contribution in [-0.4, -0.2) is 7.05 Å². The molecular weight excluding hydrogens is 274 g/mol. The normalized spacial score (nSPS) is 18.8. The second-order valence-electron chi connectivity index (χ2n) is 5.80. The molecule has 0 saturated carbocycles. The van der Waals surface area contributed by atoms with Crippen molar-refractivity contribution in [3.63, 3.8) is 0 Å². The van der Waals surface area contributed by atoms with E-state index in [2.05, 4.69) is 66.3 Å². The molecule has 2 atom stereocenters. The molecule has 0 radical (unpaired) electrons. The Hall–Kier alpha value is -1.64. The lowest BCUT2D eigenvalue weighted by molar-refractivity contribution is 0.480. The fourth-order valence-electron chi connectivity index (χ4n) is 3.77. The van der Waals surface area contributed by atoms with Gasteiger partial charge < -0.3 is 5.32 Å². The third-order valence-electron chi connectivity index (χ3n) is 4.74. The van der Waals surface area contributed by atoms with Crippen molar-refractivity contribution in [2.45, 2.75) is 24.8 Å². The maximum atomic E-state index is 3.59. The highest BCUT2D eigenvalue weighted by atomic mass is 32.1. The number of benzene rings is 2. The summed E-state index contributed by atoms with van der Waals surface area (Å²) in [5.41, 5.74) is 4.51. The van der Waals surface area contributed by atoms with Gasteiger partial charge in [-0.3, -0.25) is 0 Å². The first kappa shape index (κ1) is 13.1. The number of nitrogens with one attached hydrogen (secondary N) is 1. The molecule has 1 aromatic heterocycles. The molecule has 3 aromatic rings. The van der Waals surface area contributed by atoms with Gasteiger partial charge in [-0.05, 0) is 53.4 Å². The summed E-state index contributed by atoms with van der Waals surface area (Å²) in [6.07, 6.45) is 2.45. The summed E-state index contributed by atoms with van der Waals surface area (Å²) in [4.78, 5) is 0. The number of likely N-dealkylation sites (N-methyl/N-ethyl adjacent to an activating group) is 1. The van der Waals surface area contributed by atoms with Crippen molar-refractivity contribution in [1.29, 1.82) is 0 Å². The number of aryl methyl sites for hydroxylation is 1. The molecule has 0 fully saturated rings. The highest BCUT2D eigenvalue weighted by Gasteiger charge is 2.30. The minimum Gasteiger partial charge on any atom is -0.312 e. The highest BCUT2D eigenvalue weighted by molar-refractivity contribution is 7.17. The van der Waals surface area contributed by atoms with E-state index in [9.17, 15) is 0 Å². The van der Waals surface area contributed by atoms with Gasteiger partial charge in [-0.25, -0.2) is 0 Å². The van der Waals surface area contributed by atoms with Gasteiger partial charge in [0.15, 0.2) is 0 Å². The van der Waals surface area contributed by atoms with Gasteiger partial charge in [0.25, 0.3) is 0 Å². The average molecular weight is 293 g/mol. The summed E-state index contributed by atoms with van der Waals surface area (Å²) in [7, 11) is 2.10. The van der Waals surface area contributed by atoms with Gasteiger partial charge in [0.05, 0.1) is 0 Å². The Labute approximate surface area is 129 Å². The Morgan fingerprint density at radius 1 is 1.10 bits per heavy atom. The van der Waals surface area contributed by atoms with Crippen LogP contribution in [0.25, 0.3) is 10.1 Å². The first-order valence-electron chi connectivity index (χ1n) is 7.59. The molecule has 106 valence electrons. The lowest BCUT2D eigenvalue weighted by atomic mass is 9.88. The molecule has 0 bridgehead atoms.